The van der Waals surface area contributed by atoms with E-state index in [9.17, 15) is 9.59 Å². The van der Waals surface area contributed by atoms with Crippen LogP contribution in [0.15, 0.2) is 42.5 Å². The Morgan fingerprint density at radius 2 is 1.87 bits per heavy atom. The number of nitrogens with two attached hydrogens (primary N) is 1. The van der Waals surface area contributed by atoms with Gasteiger partial charge in [-0.3, -0.25) is 9.59 Å². The molecular weight excluding hydrogens is 316 g/mol. The smallest absolute Gasteiger partial charge is 0.262 e. The van der Waals surface area contributed by atoms with Gasteiger partial charge in [-0.15, -0.1) is 0 Å². The highest BCUT2D eigenvalue weighted by Crippen LogP contribution is 2.23. The molecule has 0 saturated carbocycles. The lowest BCUT2D eigenvalue weighted by Gasteiger charge is -2.10. The molecule has 0 atom stereocenters. The molecule has 23 heavy (non-hydrogen) atoms. The number of nitrogen functional groups attached to an aromatic ring is 1. The van der Waals surface area contributed by atoms with E-state index in [1.807, 2.05) is 0 Å². The number of ketones is 1. The number of halogens is 1. The molecular formula is C17H17ClN2O3. The molecule has 2 aromatic rings. The lowest BCUT2D eigenvalue weighted by molar-refractivity contribution is -0.118. The van der Waals surface area contributed by atoms with Gasteiger partial charge in [0.2, 0.25) is 0 Å². The molecule has 0 aliphatic heterocycles. The van der Waals surface area contributed by atoms with Gasteiger partial charge in [-0.25, -0.2) is 0 Å². The van der Waals surface area contributed by atoms with Crippen molar-refractivity contribution in [2.24, 2.45) is 0 Å². The zero-order valence-corrected chi connectivity index (χ0v) is 13.4. The minimum absolute atomic E-state index is 0.00346. The van der Waals surface area contributed by atoms with Crippen LogP contribution in [-0.2, 0) is 4.79 Å². The minimum Gasteiger partial charge on any atom is -0.482 e. The van der Waals surface area contributed by atoms with Crippen molar-refractivity contribution >= 4 is 34.7 Å². The highest BCUT2D eigenvalue weighted by Gasteiger charge is 2.09. The third-order valence-corrected chi connectivity index (χ3v) is 3.39. The number of rotatable bonds is 6. The Bertz CT molecular complexity index is 714. The first kappa shape index (κ1) is 16.8. The van der Waals surface area contributed by atoms with E-state index in [2.05, 4.69) is 5.32 Å². The zero-order valence-electron chi connectivity index (χ0n) is 12.6. The third kappa shape index (κ3) is 4.72. The van der Waals surface area contributed by atoms with Gasteiger partial charge in [0.15, 0.2) is 12.4 Å². The van der Waals surface area contributed by atoms with Crippen molar-refractivity contribution in [3.8, 4) is 5.75 Å². The van der Waals surface area contributed by atoms with Gasteiger partial charge in [0, 0.05) is 22.7 Å². The van der Waals surface area contributed by atoms with Crippen molar-refractivity contribution in [3.05, 3.63) is 53.1 Å². The minimum atomic E-state index is -0.319. The van der Waals surface area contributed by atoms with Gasteiger partial charge in [-0.05, 0) is 42.5 Å². The molecule has 3 N–H and O–H groups in total. The second kappa shape index (κ2) is 7.65. The Kier molecular flexibility index (Phi) is 5.60. The largest absolute Gasteiger partial charge is 0.482 e. The second-order valence-electron chi connectivity index (χ2n) is 4.87. The molecule has 1 amide bonds. The fourth-order valence-electron chi connectivity index (χ4n) is 1.93. The van der Waals surface area contributed by atoms with Crippen LogP contribution in [0.2, 0.25) is 5.02 Å². The number of carbonyl (C=O) groups is 2. The van der Waals surface area contributed by atoms with Crippen molar-refractivity contribution in [3.63, 3.8) is 0 Å². The zero-order chi connectivity index (χ0) is 16.8. The number of hydrogen-bond acceptors (Lipinski definition) is 4. The average Bonchev–Trinajstić information content (AvgIpc) is 2.55. The normalized spacial score (nSPS) is 10.2. The van der Waals surface area contributed by atoms with Crippen LogP contribution in [0.25, 0.3) is 0 Å². The predicted octanol–water partition coefficient (Wildman–Crippen LogP) is 3.53. The van der Waals surface area contributed by atoms with E-state index in [0.29, 0.717) is 34.1 Å². The summed E-state index contributed by atoms with van der Waals surface area (Å²) in [6.45, 7) is 1.60. The summed E-state index contributed by atoms with van der Waals surface area (Å²) >= 11 is 5.78. The first-order chi connectivity index (χ1) is 11.0. The van der Waals surface area contributed by atoms with Gasteiger partial charge >= 0.3 is 0 Å². The SMILES string of the molecule is CCC(=O)c1ccc(OCC(=O)Nc2ccc(Cl)cc2)c(N)c1. The number of ether oxygens (including phenoxy) is 1. The molecule has 6 heteroatoms. The molecule has 0 heterocycles. The molecule has 2 rings (SSSR count). The summed E-state index contributed by atoms with van der Waals surface area (Å²) in [5.41, 5.74) is 7.32. The highest BCUT2D eigenvalue weighted by molar-refractivity contribution is 6.30. The van der Waals surface area contributed by atoms with Crippen molar-refractivity contribution in [2.75, 3.05) is 17.7 Å². The first-order valence-electron chi connectivity index (χ1n) is 7.10. The molecule has 0 aliphatic rings. The number of benzene rings is 2. The van der Waals surface area contributed by atoms with Crippen LogP contribution in [-0.4, -0.2) is 18.3 Å². The van der Waals surface area contributed by atoms with Crippen LogP contribution in [0.4, 0.5) is 11.4 Å². The van der Waals surface area contributed by atoms with Crippen LogP contribution in [0, 0.1) is 0 Å². The fraction of sp³-hybridized carbons (Fsp3) is 0.176. The molecule has 0 radical (unpaired) electrons. The molecule has 120 valence electrons. The lowest BCUT2D eigenvalue weighted by Crippen LogP contribution is -2.20. The van der Waals surface area contributed by atoms with E-state index in [4.69, 9.17) is 22.1 Å². The van der Waals surface area contributed by atoms with Gasteiger partial charge in [0.05, 0.1) is 5.69 Å². The van der Waals surface area contributed by atoms with Crippen molar-refractivity contribution in [1.82, 2.24) is 0 Å². The summed E-state index contributed by atoms with van der Waals surface area (Å²) in [6.07, 6.45) is 0.406. The Balaban J connectivity index is 1.93. The maximum Gasteiger partial charge on any atom is 0.262 e. The molecule has 0 bridgehead atoms. The molecule has 0 unspecified atom stereocenters. The van der Waals surface area contributed by atoms with Crippen LogP contribution in [0.1, 0.15) is 23.7 Å². The average molecular weight is 333 g/mol. The Labute approximate surface area is 139 Å². The van der Waals surface area contributed by atoms with Crippen molar-refractivity contribution < 1.29 is 14.3 Å². The summed E-state index contributed by atoms with van der Waals surface area (Å²) < 4.78 is 5.39. The maximum atomic E-state index is 11.8. The topological polar surface area (TPSA) is 81.4 Å². The summed E-state index contributed by atoms with van der Waals surface area (Å²) in [7, 11) is 0. The molecule has 0 aliphatic carbocycles. The van der Waals surface area contributed by atoms with Gasteiger partial charge in [-0.2, -0.15) is 0 Å². The Hall–Kier alpha value is -2.53. The molecule has 2 aromatic carbocycles. The van der Waals surface area contributed by atoms with Crippen LogP contribution >= 0.6 is 11.6 Å². The fourth-order valence-corrected chi connectivity index (χ4v) is 2.06. The summed E-state index contributed by atoms with van der Waals surface area (Å²) in [5.74, 6) is 0.0491. The van der Waals surface area contributed by atoms with Gasteiger partial charge in [0.1, 0.15) is 5.75 Å². The molecule has 0 aromatic heterocycles. The Morgan fingerprint density at radius 3 is 2.48 bits per heavy atom. The monoisotopic (exact) mass is 332 g/mol. The van der Waals surface area contributed by atoms with E-state index in [-0.39, 0.29) is 18.3 Å². The third-order valence-electron chi connectivity index (χ3n) is 3.14. The quantitative estimate of drug-likeness (QED) is 0.626. The van der Waals surface area contributed by atoms with Crippen molar-refractivity contribution in [2.45, 2.75) is 13.3 Å². The van der Waals surface area contributed by atoms with E-state index in [1.165, 1.54) is 0 Å². The summed E-state index contributed by atoms with van der Waals surface area (Å²) in [5, 5.41) is 3.27. The Morgan fingerprint density at radius 1 is 1.17 bits per heavy atom. The molecule has 0 fully saturated rings. The first-order valence-corrected chi connectivity index (χ1v) is 7.48. The summed E-state index contributed by atoms with van der Waals surface area (Å²) in [4.78, 5) is 23.4. The lowest BCUT2D eigenvalue weighted by atomic mass is 10.1. The summed E-state index contributed by atoms with van der Waals surface area (Å²) in [6, 6.07) is 11.5. The molecule has 5 nitrogen and oxygen atoms in total. The van der Waals surface area contributed by atoms with Crippen molar-refractivity contribution in [1.29, 1.82) is 0 Å². The van der Waals surface area contributed by atoms with Gasteiger partial charge in [0.25, 0.3) is 5.91 Å². The standard InChI is InChI=1S/C17H17ClN2O3/c1-2-15(21)11-3-8-16(14(19)9-11)23-10-17(22)20-13-6-4-12(18)5-7-13/h3-9H,2,10,19H2,1H3,(H,20,22). The van der Waals surface area contributed by atoms with Crippen LogP contribution in [0.3, 0.4) is 0 Å². The molecule has 0 spiro atoms. The van der Waals surface area contributed by atoms with E-state index >= 15 is 0 Å². The number of hydrogen-bond donors (Lipinski definition) is 2. The number of anilines is 2. The number of amides is 1. The second-order valence-corrected chi connectivity index (χ2v) is 5.31. The number of Topliss-reactive ketones (excluding diaryl/α,β-unsaturated/α-hetero) is 1. The maximum absolute atomic E-state index is 11.8. The van der Waals surface area contributed by atoms with Gasteiger partial charge in [-0.1, -0.05) is 18.5 Å². The number of carbonyl (C=O) groups excluding carboxylic acids is 2. The number of nitrogens with one attached hydrogen (secondary N) is 1. The predicted molar refractivity (Wildman–Crippen MR) is 91.1 cm³/mol. The van der Waals surface area contributed by atoms with Gasteiger partial charge < -0.3 is 15.8 Å². The van der Waals surface area contributed by atoms with Crippen LogP contribution in [0.5, 0.6) is 5.75 Å². The van der Waals surface area contributed by atoms with E-state index in [0.717, 1.165) is 0 Å². The van der Waals surface area contributed by atoms with E-state index in [1.54, 1.807) is 49.4 Å². The van der Waals surface area contributed by atoms with Crippen LogP contribution < -0.4 is 15.8 Å². The van der Waals surface area contributed by atoms with E-state index < -0.39 is 0 Å². The molecule has 0 saturated heterocycles. The highest BCUT2D eigenvalue weighted by atomic mass is 35.5.